The summed E-state index contributed by atoms with van der Waals surface area (Å²) in [6, 6.07) is 8.32. The Balaban J connectivity index is 1.71. The number of rotatable bonds is 2. The van der Waals surface area contributed by atoms with E-state index < -0.39 is 0 Å². The summed E-state index contributed by atoms with van der Waals surface area (Å²) in [6.45, 7) is 5.72. The molecule has 0 saturated carbocycles. The van der Waals surface area contributed by atoms with Crippen molar-refractivity contribution in [1.29, 1.82) is 0 Å². The number of aromatic amines is 1. The Morgan fingerprint density at radius 2 is 2.21 bits per heavy atom. The second-order valence-electron chi connectivity index (χ2n) is 6.30. The third-order valence-electron chi connectivity index (χ3n) is 4.59. The molecule has 1 aromatic carbocycles. The van der Waals surface area contributed by atoms with Gasteiger partial charge in [-0.3, -0.25) is 4.79 Å². The van der Waals surface area contributed by atoms with Gasteiger partial charge in [0.05, 0.1) is 30.5 Å². The van der Waals surface area contributed by atoms with E-state index >= 15 is 0 Å². The van der Waals surface area contributed by atoms with Gasteiger partial charge in [0.25, 0.3) is 5.56 Å². The molecular weight excluding hydrogens is 304 g/mol. The Morgan fingerprint density at radius 1 is 1.33 bits per heavy atom. The van der Waals surface area contributed by atoms with Crippen molar-refractivity contribution < 1.29 is 4.74 Å². The zero-order valence-corrected chi connectivity index (χ0v) is 13.7. The summed E-state index contributed by atoms with van der Waals surface area (Å²) in [6.07, 6.45) is 3.58. The van der Waals surface area contributed by atoms with Gasteiger partial charge in [0, 0.05) is 18.4 Å². The number of hydrogen-bond donors (Lipinski definition) is 2. The van der Waals surface area contributed by atoms with Crippen LogP contribution in [0.2, 0.25) is 0 Å². The van der Waals surface area contributed by atoms with Crippen LogP contribution in [0.3, 0.4) is 0 Å². The summed E-state index contributed by atoms with van der Waals surface area (Å²) in [4.78, 5) is 18.8. The minimum atomic E-state index is -0.121. The lowest BCUT2D eigenvalue weighted by Crippen LogP contribution is -2.39. The van der Waals surface area contributed by atoms with Crippen LogP contribution in [-0.2, 0) is 4.74 Å². The van der Waals surface area contributed by atoms with Crippen molar-refractivity contribution in [2.24, 2.45) is 0 Å². The van der Waals surface area contributed by atoms with Gasteiger partial charge in [-0.25, -0.2) is 4.98 Å². The Hall–Kier alpha value is -2.44. The van der Waals surface area contributed by atoms with Crippen molar-refractivity contribution in [1.82, 2.24) is 19.9 Å². The van der Waals surface area contributed by atoms with E-state index in [1.807, 2.05) is 10.8 Å². The van der Waals surface area contributed by atoms with E-state index in [1.165, 1.54) is 17.5 Å². The summed E-state index contributed by atoms with van der Waals surface area (Å²) in [5, 5.41) is 4.12. The molecule has 6 nitrogen and oxygen atoms in total. The monoisotopic (exact) mass is 324 g/mol. The quantitative estimate of drug-likeness (QED) is 0.757. The molecule has 1 aliphatic rings. The number of ether oxygens (including phenoxy) is 1. The number of benzene rings is 1. The molecule has 0 aliphatic carbocycles. The lowest BCUT2D eigenvalue weighted by atomic mass is 10.00. The van der Waals surface area contributed by atoms with Gasteiger partial charge in [0.1, 0.15) is 0 Å². The molecular formula is C18H20N4O2. The maximum absolute atomic E-state index is 11.8. The van der Waals surface area contributed by atoms with Gasteiger partial charge < -0.3 is 19.6 Å². The van der Waals surface area contributed by atoms with Crippen LogP contribution in [-0.4, -0.2) is 33.8 Å². The van der Waals surface area contributed by atoms with Gasteiger partial charge in [0.2, 0.25) is 0 Å². The van der Waals surface area contributed by atoms with Crippen molar-refractivity contribution in [3.63, 3.8) is 0 Å². The Bertz CT molecular complexity index is 936. The molecule has 0 bridgehead atoms. The molecule has 24 heavy (non-hydrogen) atoms. The lowest BCUT2D eigenvalue weighted by Gasteiger charge is -2.29. The highest BCUT2D eigenvalue weighted by atomic mass is 16.5. The van der Waals surface area contributed by atoms with Crippen LogP contribution in [0.1, 0.15) is 24.1 Å². The van der Waals surface area contributed by atoms with Crippen LogP contribution in [0.5, 0.6) is 0 Å². The third-order valence-corrected chi connectivity index (χ3v) is 4.59. The minimum Gasteiger partial charge on any atom is -0.375 e. The number of nitrogens with zero attached hydrogens (tertiary/aromatic N) is 2. The molecule has 3 heterocycles. The van der Waals surface area contributed by atoms with Crippen molar-refractivity contribution in [2.75, 3.05) is 13.2 Å². The Morgan fingerprint density at radius 3 is 2.96 bits per heavy atom. The van der Waals surface area contributed by atoms with Crippen LogP contribution >= 0.6 is 0 Å². The number of hydrogen-bond acceptors (Lipinski definition) is 4. The Labute approximate surface area is 139 Å². The van der Waals surface area contributed by atoms with Gasteiger partial charge in [-0.05, 0) is 43.2 Å². The molecule has 6 heteroatoms. The molecule has 1 fully saturated rings. The smallest absolute Gasteiger partial charge is 0.260 e. The first-order chi connectivity index (χ1) is 11.6. The van der Waals surface area contributed by atoms with Gasteiger partial charge in [-0.2, -0.15) is 0 Å². The average Bonchev–Trinajstić information content (AvgIpc) is 3.01. The van der Waals surface area contributed by atoms with E-state index in [1.54, 1.807) is 6.07 Å². The van der Waals surface area contributed by atoms with Gasteiger partial charge in [-0.15, -0.1) is 0 Å². The normalized spacial score (nSPS) is 21.2. The van der Waals surface area contributed by atoms with Gasteiger partial charge in [0.15, 0.2) is 5.65 Å². The summed E-state index contributed by atoms with van der Waals surface area (Å²) >= 11 is 0. The summed E-state index contributed by atoms with van der Waals surface area (Å²) < 4.78 is 7.70. The fourth-order valence-electron chi connectivity index (χ4n) is 3.26. The minimum absolute atomic E-state index is 0.121. The molecule has 0 spiro atoms. The largest absolute Gasteiger partial charge is 0.375 e. The summed E-state index contributed by atoms with van der Waals surface area (Å²) in [5.74, 6) is 0. The number of morpholine rings is 1. The highest BCUT2D eigenvalue weighted by Crippen LogP contribution is 2.25. The van der Waals surface area contributed by atoms with Crippen LogP contribution in [0, 0.1) is 6.92 Å². The van der Waals surface area contributed by atoms with E-state index in [0.717, 1.165) is 12.2 Å². The number of nitrogens with one attached hydrogen (secondary N) is 2. The number of fused-ring (bicyclic) bond motifs is 1. The standard InChI is InChI=1S/C18H20N4O2/c1-11-7-13(3-4-14(11)16-9-24-12(2)8-19-16)22-6-5-15-17(22)20-10-21-18(15)23/h3-7,10,12,16,19H,8-9H2,1-2H3,(H,20,21,23)/t12-,16-/m1/s1. The first kappa shape index (κ1) is 15.1. The number of aromatic nitrogens is 3. The summed E-state index contributed by atoms with van der Waals surface area (Å²) in [5.41, 5.74) is 3.97. The first-order valence-corrected chi connectivity index (χ1v) is 8.14. The Kier molecular flexibility index (Phi) is 3.70. The molecule has 2 N–H and O–H groups in total. The molecule has 1 saturated heterocycles. The predicted molar refractivity (Wildman–Crippen MR) is 92.6 cm³/mol. The van der Waals surface area contributed by atoms with E-state index in [-0.39, 0.29) is 17.7 Å². The first-order valence-electron chi connectivity index (χ1n) is 8.14. The molecule has 124 valence electrons. The van der Waals surface area contributed by atoms with Crippen molar-refractivity contribution in [2.45, 2.75) is 26.0 Å². The third kappa shape index (κ3) is 2.53. The molecule has 1 aliphatic heterocycles. The van der Waals surface area contributed by atoms with Crippen molar-refractivity contribution >= 4 is 11.0 Å². The second kappa shape index (κ2) is 5.89. The maximum Gasteiger partial charge on any atom is 0.260 e. The van der Waals surface area contributed by atoms with E-state index in [9.17, 15) is 4.79 Å². The second-order valence-corrected chi connectivity index (χ2v) is 6.30. The fourth-order valence-corrected chi connectivity index (χ4v) is 3.26. The lowest BCUT2D eigenvalue weighted by molar-refractivity contribution is 0.0148. The highest BCUT2D eigenvalue weighted by Gasteiger charge is 2.21. The molecule has 0 radical (unpaired) electrons. The van der Waals surface area contributed by atoms with E-state index in [2.05, 4.69) is 47.3 Å². The molecule has 0 unspecified atom stereocenters. The van der Waals surface area contributed by atoms with Crippen LogP contribution in [0.4, 0.5) is 0 Å². The predicted octanol–water partition coefficient (Wildman–Crippen LogP) is 2.07. The fraction of sp³-hybridized carbons (Fsp3) is 0.333. The van der Waals surface area contributed by atoms with Gasteiger partial charge in [-0.1, -0.05) is 6.07 Å². The molecule has 2 aromatic heterocycles. The molecule has 2 atom stereocenters. The topological polar surface area (TPSA) is 71.9 Å². The van der Waals surface area contributed by atoms with Crippen LogP contribution in [0.15, 0.2) is 41.6 Å². The van der Waals surface area contributed by atoms with E-state index in [4.69, 9.17) is 4.74 Å². The van der Waals surface area contributed by atoms with E-state index in [0.29, 0.717) is 17.6 Å². The zero-order valence-electron chi connectivity index (χ0n) is 13.7. The SMILES string of the molecule is Cc1cc(-n2ccc3c(=O)[nH]cnc32)ccc1[C@H]1CO[C@H](C)CN1. The number of aryl methyl sites for hydroxylation is 1. The van der Waals surface area contributed by atoms with Crippen molar-refractivity contribution in [3.05, 3.63) is 58.3 Å². The van der Waals surface area contributed by atoms with Gasteiger partial charge >= 0.3 is 0 Å². The molecule has 0 amide bonds. The van der Waals surface area contributed by atoms with Crippen LogP contribution < -0.4 is 10.9 Å². The van der Waals surface area contributed by atoms with Crippen molar-refractivity contribution in [3.8, 4) is 5.69 Å². The number of H-pyrrole nitrogens is 1. The average molecular weight is 324 g/mol. The zero-order chi connectivity index (χ0) is 16.7. The van der Waals surface area contributed by atoms with Crippen LogP contribution in [0.25, 0.3) is 16.7 Å². The molecule has 4 rings (SSSR count). The molecule has 3 aromatic rings. The highest BCUT2D eigenvalue weighted by molar-refractivity contribution is 5.76. The maximum atomic E-state index is 11.8. The summed E-state index contributed by atoms with van der Waals surface area (Å²) in [7, 11) is 0.